The van der Waals surface area contributed by atoms with E-state index < -0.39 is 22.0 Å². The zero-order chi connectivity index (χ0) is 24.3. The predicted octanol–water partition coefficient (Wildman–Crippen LogP) is 4.72. The van der Waals surface area contributed by atoms with Gasteiger partial charge in [0.25, 0.3) is 15.9 Å². The fraction of sp³-hybridized carbons (Fsp3) is 0.348. The van der Waals surface area contributed by atoms with Gasteiger partial charge in [-0.05, 0) is 55.5 Å². The van der Waals surface area contributed by atoms with Crippen LogP contribution in [0.3, 0.4) is 0 Å². The van der Waals surface area contributed by atoms with Crippen molar-refractivity contribution in [1.29, 1.82) is 0 Å². The van der Waals surface area contributed by atoms with E-state index in [1.54, 1.807) is 31.2 Å². The third kappa shape index (κ3) is 5.75. The highest BCUT2D eigenvalue weighted by molar-refractivity contribution is 7.91. The molecular weight excluding hydrogens is 494 g/mol. The fourth-order valence-electron chi connectivity index (χ4n) is 3.93. The molecule has 4 rings (SSSR count). The summed E-state index contributed by atoms with van der Waals surface area (Å²) in [5, 5.41) is 10.4. The van der Waals surface area contributed by atoms with Gasteiger partial charge in [0.05, 0.1) is 10.6 Å². The number of halogens is 1. The number of anilines is 2. The van der Waals surface area contributed by atoms with Gasteiger partial charge in [0, 0.05) is 24.8 Å². The van der Waals surface area contributed by atoms with Gasteiger partial charge in [-0.1, -0.05) is 54.1 Å². The molecule has 1 aliphatic heterocycles. The maximum Gasteiger partial charge on any atom is 0.270 e. The van der Waals surface area contributed by atoms with Crippen LogP contribution in [-0.4, -0.2) is 37.6 Å². The van der Waals surface area contributed by atoms with Crippen molar-refractivity contribution < 1.29 is 13.2 Å². The minimum atomic E-state index is -3.93. The molecule has 180 valence electrons. The van der Waals surface area contributed by atoms with E-state index in [0.717, 1.165) is 35.7 Å². The van der Waals surface area contributed by atoms with Crippen molar-refractivity contribution in [3.8, 4) is 0 Å². The Labute approximate surface area is 208 Å². The summed E-state index contributed by atoms with van der Waals surface area (Å²) >= 11 is 6.81. The maximum atomic E-state index is 12.8. The van der Waals surface area contributed by atoms with Crippen LogP contribution < -0.4 is 14.9 Å². The number of nitrogens with zero attached hydrogens (tertiary/aromatic N) is 3. The molecule has 2 aromatic carbocycles. The lowest BCUT2D eigenvalue weighted by atomic mass is 9.99. The highest BCUT2D eigenvalue weighted by Gasteiger charge is 2.24. The predicted molar refractivity (Wildman–Crippen MR) is 135 cm³/mol. The topological polar surface area (TPSA) is 104 Å². The molecule has 1 aromatic heterocycles. The number of hydrogen-bond acceptors (Lipinski definition) is 7. The smallest absolute Gasteiger partial charge is 0.270 e. The summed E-state index contributed by atoms with van der Waals surface area (Å²) in [5.41, 5.74) is 2.25. The lowest BCUT2D eigenvalue weighted by Crippen LogP contribution is -2.34. The first-order valence-electron chi connectivity index (χ1n) is 11.0. The summed E-state index contributed by atoms with van der Waals surface area (Å²) < 4.78 is 28.1. The SMILES string of the molecule is C[C@H]1CCCN(c2ccc([C@@H](C)NS(=O)(=O)c3nnc(NC(=O)c4ccccc4Cl)s3)cc2)C1. The number of amides is 1. The monoisotopic (exact) mass is 519 g/mol. The number of aromatic nitrogens is 2. The first kappa shape index (κ1) is 24.6. The molecule has 0 aliphatic carbocycles. The number of rotatable bonds is 7. The van der Waals surface area contributed by atoms with E-state index in [-0.39, 0.29) is 20.1 Å². The van der Waals surface area contributed by atoms with Crippen molar-refractivity contribution in [3.05, 3.63) is 64.7 Å². The second-order valence-corrected chi connectivity index (χ2v) is 11.7. The minimum absolute atomic E-state index is 0.0676. The van der Waals surface area contributed by atoms with Gasteiger partial charge in [0.15, 0.2) is 0 Å². The van der Waals surface area contributed by atoms with Gasteiger partial charge in [-0.15, -0.1) is 10.2 Å². The average Bonchev–Trinajstić information content (AvgIpc) is 3.29. The number of carbonyl (C=O) groups excluding carboxylic acids is 1. The molecule has 1 saturated heterocycles. The van der Waals surface area contributed by atoms with Gasteiger partial charge in [0.2, 0.25) is 9.47 Å². The fourth-order valence-corrected chi connectivity index (χ4v) is 6.29. The quantitative estimate of drug-likeness (QED) is 0.438. The normalized spacial score (nSPS) is 17.4. The summed E-state index contributed by atoms with van der Waals surface area (Å²) in [6.45, 7) is 6.11. The summed E-state index contributed by atoms with van der Waals surface area (Å²) in [5.74, 6) is 0.181. The first-order valence-corrected chi connectivity index (χ1v) is 13.7. The van der Waals surface area contributed by atoms with Crippen molar-refractivity contribution in [2.45, 2.75) is 37.1 Å². The first-order chi connectivity index (χ1) is 16.2. The van der Waals surface area contributed by atoms with Gasteiger partial charge in [-0.3, -0.25) is 10.1 Å². The molecule has 0 bridgehead atoms. The minimum Gasteiger partial charge on any atom is -0.371 e. The molecule has 2 atom stereocenters. The van der Waals surface area contributed by atoms with Crippen LogP contribution in [0.5, 0.6) is 0 Å². The highest BCUT2D eigenvalue weighted by atomic mass is 35.5. The number of sulfonamides is 1. The van der Waals surface area contributed by atoms with Crippen LogP contribution in [-0.2, 0) is 10.0 Å². The van der Waals surface area contributed by atoms with Crippen molar-refractivity contribution in [3.63, 3.8) is 0 Å². The van der Waals surface area contributed by atoms with Crippen molar-refractivity contribution in [2.24, 2.45) is 5.92 Å². The van der Waals surface area contributed by atoms with E-state index in [4.69, 9.17) is 11.6 Å². The van der Waals surface area contributed by atoms with Crippen LogP contribution in [0, 0.1) is 5.92 Å². The second kappa shape index (κ2) is 10.4. The van der Waals surface area contributed by atoms with Crippen LogP contribution in [0.25, 0.3) is 0 Å². The Balaban J connectivity index is 1.40. The zero-order valence-corrected chi connectivity index (χ0v) is 21.3. The van der Waals surface area contributed by atoms with E-state index in [0.29, 0.717) is 5.92 Å². The Morgan fingerprint density at radius 3 is 2.62 bits per heavy atom. The van der Waals surface area contributed by atoms with Gasteiger partial charge < -0.3 is 4.90 Å². The Morgan fingerprint density at radius 1 is 1.18 bits per heavy atom. The van der Waals surface area contributed by atoms with Crippen molar-refractivity contribution in [1.82, 2.24) is 14.9 Å². The molecule has 1 amide bonds. The molecule has 34 heavy (non-hydrogen) atoms. The van der Waals surface area contributed by atoms with Gasteiger partial charge in [-0.2, -0.15) is 0 Å². The van der Waals surface area contributed by atoms with Gasteiger partial charge in [0.1, 0.15) is 0 Å². The summed E-state index contributed by atoms with van der Waals surface area (Å²) in [7, 11) is -3.93. The molecule has 0 saturated carbocycles. The van der Waals surface area contributed by atoms with Crippen LogP contribution in [0.15, 0.2) is 52.9 Å². The molecule has 0 unspecified atom stereocenters. The van der Waals surface area contributed by atoms with Crippen LogP contribution in [0.2, 0.25) is 5.02 Å². The molecule has 3 aromatic rings. The number of nitrogens with one attached hydrogen (secondary N) is 2. The third-order valence-electron chi connectivity index (χ3n) is 5.72. The number of hydrogen-bond donors (Lipinski definition) is 2. The Kier molecular flexibility index (Phi) is 7.51. The Bertz CT molecular complexity index is 1260. The molecule has 0 radical (unpaired) electrons. The van der Waals surface area contributed by atoms with E-state index in [2.05, 4.69) is 32.1 Å². The standard InChI is InChI=1S/C23H26ClN5O3S2/c1-15-6-5-13-29(14-15)18-11-9-17(10-12-18)16(2)28-34(31,32)23-27-26-22(33-23)25-21(30)19-7-3-4-8-20(19)24/h3-4,7-12,15-16,28H,5-6,13-14H2,1-2H3,(H,25,26,30)/t15-,16+/m0/s1. The van der Waals surface area contributed by atoms with Crippen molar-refractivity contribution >= 4 is 49.7 Å². The Hall–Kier alpha value is -2.53. The zero-order valence-electron chi connectivity index (χ0n) is 18.9. The molecular formula is C23H26ClN5O3S2. The average molecular weight is 520 g/mol. The van der Waals surface area contributed by atoms with E-state index in [1.165, 1.54) is 12.8 Å². The molecule has 11 heteroatoms. The van der Waals surface area contributed by atoms with Crippen molar-refractivity contribution in [2.75, 3.05) is 23.3 Å². The molecule has 8 nitrogen and oxygen atoms in total. The lowest BCUT2D eigenvalue weighted by Gasteiger charge is -2.33. The molecule has 2 N–H and O–H groups in total. The number of piperidine rings is 1. The molecule has 2 heterocycles. The third-order valence-corrected chi connectivity index (χ3v) is 8.80. The van der Waals surface area contributed by atoms with Crippen LogP contribution in [0.4, 0.5) is 10.8 Å². The molecule has 0 spiro atoms. The summed E-state index contributed by atoms with van der Waals surface area (Å²) in [6.07, 6.45) is 2.44. The van der Waals surface area contributed by atoms with E-state index >= 15 is 0 Å². The molecule has 1 aliphatic rings. The van der Waals surface area contributed by atoms with E-state index in [9.17, 15) is 13.2 Å². The maximum absolute atomic E-state index is 12.8. The van der Waals surface area contributed by atoms with Gasteiger partial charge >= 0.3 is 0 Å². The van der Waals surface area contributed by atoms with E-state index in [1.807, 2.05) is 24.3 Å². The second-order valence-electron chi connectivity index (χ2n) is 8.44. The number of carbonyl (C=O) groups is 1. The molecule has 1 fully saturated rings. The van der Waals surface area contributed by atoms with Crippen LogP contribution in [0.1, 0.15) is 48.7 Å². The Morgan fingerprint density at radius 2 is 1.91 bits per heavy atom. The largest absolute Gasteiger partial charge is 0.371 e. The highest BCUT2D eigenvalue weighted by Crippen LogP contribution is 2.27. The van der Waals surface area contributed by atoms with Gasteiger partial charge in [-0.25, -0.2) is 13.1 Å². The lowest BCUT2D eigenvalue weighted by molar-refractivity contribution is 0.102. The number of benzene rings is 2. The van der Waals surface area contributed by atoms with Crippen LogP contribution >= 0.6 is 22.9 Å². The summed E-state index contributed by atoms with van der Waals surface area (Å²) in [6, 6.07) is 14.0. The summed E-state index contributed by atoms with van der Waals surface area (Å²) in [4.78, 5) is 14.8.